The first-order chi connectivity index (χ1) is 5.15. The van der Waals surface area contributed by atoms with E-state index in [1.165, 1.54) is 10.8 Å². The van der Waals surface area contributed by atoms with Crippen LogP contribution in [0.1, 0.15) is 0 Å². The summed E-state index contributed by atoms with van der Waals surface area (Å²) in [6, 6.07) is 0. The summed E-state index contributed by atoms with van der Waals surface area (Å²) in [6.07, 6.45) is 1.23. The minimum Gasteiger partial charge on any atom is -0.358 e. The molecule has 1 N–H and O–H groups in total. The van der Waals surface area contributed by atoms with E-state index in [1.807, 2.05) is 0 Å². The molecule has 0 aliphatic heterocycles. The lowest BCUT2D eigenvalue weighted by Gasteiger charge is -1.85. The zero-order valence-electron chi connectivity index (χ0n) is 5.59. The number of aromatic nitrogens is 2. The molecule has 0 bridgehead atoms. The molecule has 0 unspecified atom stereocenters. The van der Waals surface area contributed by atoms with Crippen LogP contribution >= 0.6 is 12.0 Å². The highest BCUT2D eigenvalue weighted by molar-refractivity contribution is 7.93. The third-order valence-electron chi connectivity index (χ3n) is 1.09. The summed E-state index contributed by atoms with van der Waals surface area (Å²) in [5.41, 5.74) is 0. The van der Waals surface area contributed by atoms with Gasteiger partial charge in [0.2, 0.25) is 0 Å². The van der Waals surface area contributed by atoms with Crippen molar-refractivity contribution in [1.29, 1.82) is 0 Å². The molecule has 6 nitrogen and oxygen atoms in total. The second-order valence-corrected chi connectivity index (χ2v) is 2.39. The van der Waals surface area contributed by atoms with Gasteiger partial charge in [0.15, 0.2) is 0 Å². The molecular weight excluding hydrogens is 170 g/mol. The predicted octanol–water partition coefficient (Wildman–Crippen LogP) is 0.893. The molecule has 60 valence electrons. The van der Waals surface area contributed by atoms with Gasteiger partial charge < -0.3 is 14.7 Å². The van der Waals surface area contributed by atoms with E-state index >= 15 is 0 Å². The second-order valence-electron chi connectivity index (χ2n) is 1.84. The van der Waals surface area contributed by atoms with Crippen molar-refractivity contribution in [3.8, 4) is 0 Å². The van der Waals surface area contributed by atoms with Crippen molar-refractivity contribution in [2.24, 2.45) is 7.05 Å². The van der Waals surface area contributed by atoms with Crippen LogP contribution in [0.3, 0.4) is 0 Å². The van der Waals surface area contributed by atoms with Crippen LogP contribution in [0.15, 0.2) is 11.4 Å². The fourth-order valence-electron chi connectivity index (χ4n) is 0.607. The molecule has 7 heteroatoms. The maximum atomic E-state index is 10.1. The minimum absolute atomic E-state index is 0.205. The van der Waals surface area contributed by atoms with Gasteiger partial charge in [-0.15, -0.1) is 0 Å². The molecule has 1 heterocycles. The molecular formula is C4H5N3O3S. The SMILES string of the molecule is Cn1cc([N+](=O)[O-])nc1SO. The quantitative estimate of drug-likeness (QED) is 0.410. The van der Waals surface area contributed by atoms with Gasteiger partial charge in [0, 0.05) is 7.05 Å². The Labute approximate surface area is 66.2 Å². The van der Waals surface area contributed by atoms with E-state index in [4.69, 9.17) is 4.55 Å². The van der Waals surface area contributed by atoms with Gasteiger partial charge in [-0.1, -0.05) is 0 Å². The van der Waals surface area contributed by atoms with E-state index in [-0.39, 0.29) is 11.0 Å². The third kappa shape index (κ3) is 1.49. The predicted molar refractivity (Wildman–Crippen MR) is 38.3 cm³/mol. The monoisotopic (exact) mass is 175 g/mol. The fraction of sp³-hybridized carbons (Fsp3) is 0.250. The normalized spacial score (nSPS) is 10.0. The molecule has 0 aromatic carbocycles. The molecule has 1 rings (SSSR count). The topological polar surface area (TPSA) is 81.2 Å². The van der Waals surface area contributed by atoms with Crippen molar-refractivity contribution < 1.29 is 9.48 Å². The van der Waals surface area contributed by atoms with Crippen molar-refractivity contribution in [3.63, 3.8) is 0 Å². The summed E-state index contributed by atoms with van der Waals surface area (Å²) >= 11 is 0.381. The Morgan fingerprint density at radius 3 is 2.82 bits per heavy atom. The third-order valence-corrected chi connectivity index (χ3v) is 1.63. The molecule has 0 saturated carbocycles. The second kappa shape index (κ2) is 2.89. The largest absolute Gasteiger partial charge is 0.382 e. The fourth-order valence-corrected chi connectivity index (χ4v) is 0.923. The van der Waals surface area contributed by atoms with Crippen molar-refractivity contribution in [3.05, 3.63) is 16.3 Å². The van der Waals surface area contributed by atoms with Gasteiger partial charge in [0.25, 0.3) is 0 Å². The number of imidazole rings is 1. The van der Waals surface area contributed by atoms with Gasteiger partial charge in [-0.25, -0.2) is 0 Å². The first-order valence-corrected chi connectivity index (χ1v) is 3.41. The molecule has 0 aliphatic rings. The molecule has 0 amide bonds. The Morgan fingerprint density at radius 2 is 2.55 bits per heavy atom. The molecule has 11 heavy (non-hydrogen) atoms. The number of rotatable bonds is 2. The van der Waals surface area contributed by atoms with Crippen LogP contribution in [0.5, 0.6) is 0 Å². The van der Waals surface area contributed by atoms with Gasteiger partial charge in [0.05, 0.1) is 12.0 Å². The molecule has 0 aliphatic carbocycles. The Hall–Kier alpha value is -1.08. The summed E-state index contributed by atoms with van der Waals surface area (Å²) in [6.45, 7) is 0. The number of nitro groups is 1. The highest BCUT2D eigenvalue weighted by Gasteiger charge is 2.15. The first-order valence-electron chi connectivity index (χ1n) is 2.64. The van der Waals surface area contributed by atoms with E-state index in [9.17, 15) is 10.1 Å². The number of nitrogens with zero attached hydrogens (tertiary/aromatic N) is 3. The molecule has 0 atom stereocenters. The highest BCUT2D eigenvalue weighted by atomic mass is 32.2. The minimum atomic E-state index is -0.611. The number of hydrogen-bond donors (Lipinski definition) is 1. The van der Waals surface area contributed by atoms with Gasteiger partial charge in [-0.05, 0) is 9.91 Å². The highest BCUT2D eigenvalue weighted by Crippen LogP contribution is 2.16. The van der Waals surface area contributed by atoms with E-state index in [0.29, 0.717) is 12.0 Å². The van der Waals surface area contributed by atoms with Crippen LogP contribution in [0.2, 0.25) is 0 Å². The van der Waals surface area contributed by atoms with Crippen LogP contribution in [-0.2, 0) is 7.05 Å². The Morgan fingerprint density at radius 1 is 1.91 bits per heavy atom. The Kier molecular flexibility index (Phi) is 2.11. The van der Waals surface area contributed by atoms with Gasteiger partial charge in [0.1, 0.15) is 6.20 Å². The van der Waals surface area contributed by atoms with Gasteiger partial charge in [-0.2, -0.15) is 0 Å². The average Bonchev–Trinajstić information content (AvgIpc) is 2.31. The van der Waals surface area contributed by atoms with Crippen LogP contribution < -0.4 is 0 Å². The number of hydrogen-bond acceptors (Lipinski definition) is 5. The van der Waals surface area contributed by atoms with E-state index in [2.05, 4.69) is 4.98 Å². The van der Waals surface area contributed by atoms with Crippen molar-refractivity contribution >= 4 is 17.9 Å². The summed E-state index contributed by atoms with van der Waals surface area (Å²) in [4.78, 5) is 13.0. The molecule has 0 spiro atoms. The van der Waals surface area contributed by atoms with Crippen LogP contribution in [0.4, 0.5) is 5.82 Å². The van der Waals surface area contributed by atoms with Crippen LogP contribution in [0.25, 0.3) is 0 Å². The Bertz CT molecular complexity index is 284. The average molecular weight is 175 g/mol. The maximum absolute atomic E-state index is 10.1. The summed E-state index contributed by atoms with van der Waals surface area (Å²) in [5.74, 6) is -0.260. The maximum Gasteiger partial charge on any atom is 0.382 e. The molecule has 1 aromatic heterocycles. The smallest absolute Gasteiger partial charge is 0.358 e. The zero-order valence-corrected chi connectivity index (χ0v) is 6.41. The summed E-state index contributed by atoms with van der Waals surface area (Å²) in [7, 11) is 1.57. The van der Waals surface area contributed by atoms with Crippen molar-refractivity contribution in [1.82, 2.24) is 9.55 Å². The summed E-state index contributed by atoms with van der Waals surface area (Å²) < 4.78 is 9.90. The van der Waals surface area contributed by atoms with Gasteiger partial charge in [-0.3, -0.25) is 4.57 Å². The van der Waals surface area contributed by atoms with Gasteiger partial charge >= 0.3 is 11.0 Å². The lowest BCUT2D eigenvalue weighted by molar-refractivity contribution is -0.389. The summed E-state index contributed by atoms with van der Waals surface area (Å²) in [5, 5.41) is 10.3. The molecule has 0 radical (unpaired) electrons. The standard InChI is InChI=1S/C4H5N3O3S/c1-6-2-3(7(8)9)5-4(6)11-10/h2,10H,1H3. The van der Waals surface area contributed by atoms with Crippen molar-refractivity contribution in [2.45, 2.75) is 5.16 Å². The molecule has 1 aromatic rings. The van der Waals surface area contributed by atoms with E-state index in [0.717, 1.165) is 0 Å². The Balaban J connectivity index is 3.05. The lowest BCUT2D eigenvalue weighted by Crippen LogP contribution is -1.86. The number of aryl methyl sites for hydroxylation is 1. The zero-order chi connectivity index (χ0) is 8.43. The van der Waals surface area contributed by atoms with Crippen molar-refractivity contribution in [2.75, 3.05) is 0 Å². The van der Waals surface area contributed by atoms with Crippen LogP contribution in [-0.4, -0.2) is 19.0 Å². The van der Waals surface area contributed by atoms with E-state index < -0.39 is 4.92 Å². The van der Waals surface area contributed by atoms with Crippen LogP contribution in [0, 0.1) is 10.1 Å². The van der Waals surface area contributed by atoms with E-state index in [1.54, 1.807) is 7.05 Å². The first kappa shape index (κ1) is 8.02. The molecule has 0 fully saturated rings. The lowest BCUT2D eigenvalue weighted by atomic mass is 10.8. The molecule has 0 saturated heterocycles.